The van der Waals surface area contributed by atoms with Crippen molar-refractivity contribution in [3.05, 3.63) is 65.5 Å². The number of aromatic nitrogens is 2. The van der Waals surface area contributed by atoms with Gasteiger partial charge < -0.3 is 19.7 Å². The van der Waals surface area contributed by atoms with E-state index in [1.165, 1.54) is 6.07 Å². The zero-order chi connectivity index (χ0) is 19.2. The molecule has 27 heavy (non-hydrogen) atoms. The highest BCUT2D eigenvalue weighted by molar-refractivity contribution is 5.92. The summed E-state index contributed by atoms with van der Waals surface area (Å²) in [5.41, 5.74) is 7.13. The number of amides is 1. The summed E-state index contributed by atoms with van der Waals surface area (Å²) < 4.78 is 15.5. The molecular formula is C19H17N3O5. The molecule has 8 nitrogen and oxygen atoms in total. The van der Waals surface area contributed by atoms with Crippen molar-refractivity contribution in [2.24, 2.45) is 5.73 Å². The van der Waals surface area contributed by atoms with E-state index in [0.29, 0.717) is 5.82 Å². The van der Waals surface area contributed by atoms with Crippen LogP contribution >= 0.6 is 0 Å². The maximum Gasteiger partial charge on any atom is 0.342 e. The molecule has 0 aliphatic carbocycles. The Morgan fingerprint density at radius 3 is 2.59 bits per heavy atom. The smallest absolute Gasteiger partial charge is 0.342 e. The number of nitrogens with zero attached hydrogens (tertiary/aromatic N) is 2. The monoisotopic (exact) mass is 367 g/mol. The normalized spacial score (nSPS) is 10.4. The maximum absolute atomic E-state index is 12.3. The molecule has 0 aliphatic rings. The molecule has 0 fully saturated rings. The molecular weight excluding hydrogens is 350 g/mol. The van der Waals surface area contributed by atoms with E-state index >= 15 is 0 Å². The van der Waals surface area contributed by atoms with E-state index < -0.39 is 11.9 Å². The van der Waals surface area contributed by atoms with Gasteiger partial charge in [0.2, 0.25) is 5.82 Å². The van der Waals surface area contributed by atoms with Gasteiger partial charge in [0.25, 0.3) is 11.8 Å². The van der Waals surface area contributed by atoms with E-state index in [9.17, 15) is 9.59 Å². The van der Waals surface area contributed by atoms with Crippen LogP contribution < -0.4 is 10.5 Å². The Labute approximate surface area is 154 Å². The number of hydrogen-bond acceptors (Lipinski definition) is 7. The van der Waals surface area contributed by atoms with Crippen molar-refractivity contribution in [3.8, 4) is 17.1 Å². The van der Waals surface area contributed by atoms with Crippen molar-refractivity contribution in [1.29, 1.82) is 0 Å². The fraction of sp³-hybridized carbons (Fsp3) is 0.158. The summed E-state index contributed by atoms with van der Waals surface area (Å²) in [4.78, 5) is 27.4. The van der Waals surface area contributed by atoms with Gasteiger partial charge in [0, 0.05) is 5.56 Å². The first-order valence-corrected chi connectivity index (χ1v) is 8.10. The van der Waals surface area contributed by atoms with Gasteiger partial charge >= 0.3 is 5.97 Å². The van der Waals surface area contributed by atoms with Gasteiger partial charge in [-0.15, -0.1) is 0 Å². The molecule has 8 heteroatoms. The minimum Gasteiger partial charge on any atom is -0.483 e. The molecule has 138 valence electrons. The first kappa shape index (κ1) is 18.1. The second-order valence-electron chi connectivity index (χ2n) is 5.71. The summed E-state index contributed by atoms with van der Waals surface area (Å²) in [6, 6.07) is 14.0. The second-order valence-corrected chi connectivity index (χ2v) is 5.71. The third kappa shape index (κ3) is 4.69. The fourth-order valence-electron chi connectivity index (χ4n) is 2.25. The lowest BCUT2D eigenvalue weighted by atomic mass is 10.1. The molecule has 1 heterocycles. The van der Waals surface area contributed by atoms with Crippen LogP contribution in [0.4, 0.5) is 0 Å². The van der Waals surface area contributed by atoms with Crippen LogP contribution in [0.3, 0.4) is 0 Å². The molecule has 0 bridgehead atoms. The largest absolute Gasteiger partial charge is 0.483 e. The maximum atomic E-state index is 12.3. The Hall–Kier alpha value is -3.68. The SMILES string of the molecule is Cc1ccc(-c2noc(COC(=O)c3ccccc3OCC(N)=O)n2)cc1. The molecule has 1 amide bonds. The Morgan fingerprint density at radius 1 is 1.11 bits per heavy atom. The van der Waals surface area contributed by atoms with Crippen molar-refractivity contribution >= 4 is 11.9 Å². The molecule has 1 aromatic heterocycles. The van der Waals surface area contributed by atoms with E-state index in [0.717, 1.165) is 11.1 Å². The summed E-state index contributed by atoms with van der Waals surface area (Å²) in [6.45, 7) is 1.45. The number of benzene rings is 2. The fourth-order valence-corrected chi connectivity index (χ4v) is 2.25. The van der Waals surface area contributed by atoms with Gasteiger partial charge in [-0.05, 0) is 19.1 Å². The van der Waals surface area contributed by atoms with Crippen LogP contribution in [0.2, 0.25) is 0 Å². The number of carbonyl (C=O) groups excluding carboxylic acids is 2. The molecule has 3 rings (SSSR count). The number of esters is 1. The average molecular weight is 367 g/mol. The van der Waals surface area contributed by atoms with E-state index in [4.69, 9.17) is 19.7 Å². The number of para-hydroxylation sites is 1. The van der Waals surface area contributed by atoms with Crippen molar-refractivity contribution in [2.45, 2.75) is 13.5 Å². The van der Waals surface area contributed by atoms with Crippen LogP contribution in [0.15, 0.2) is 53.1 Å². The predicted octanol–water partition coefficient (Wildman–Crippen LogP) is 2.27. The number of nitrogens with two attached hydrogens (primary N) is 1. The zero-order valence-electron chi connectivity index (χ0n) is 14.5. The first-order valence-electron chi connectivity index (χ1n) is 8.10. The minimum absolute atomic E-state index is 0.162. The Kier molecular flexibility index (Phi) is 5.46. The Balaban J connectivity index is 1.65. The number of rotatable bonds is 7. The van der Waals surface area contributed by atoms with E-state index in [2.05, 4.69) is 10.1 Å². The van der Waals surface area contributed by atoms with Crippen LogP contribution in [-0.2, 0) is 16.1 Å². The molecule has 0 spiro atoms. The number of primary amides is 1. The lowest BCUT2D eigenvalue weighted by molar-refractivity contribution is -0.119. The highest BCUT2D eigenvalue weighted by atomic mass is 16.6. The predicted molar refractivity (Wildman–Crippen MR) is 94.7 cm³/mol. The summed E-state index contributed by atoms with van der Waals surface area (Å²) in [5.74, 6) is -0.523. The molecule has 0 aliphatic heterocycles. The summed E-state index contributed by atoms with van der Waals surface area (Å²) in [5, 5.41) is 3.88. The Morgan fingerprint density at radius 2 is 1.85 bits per heavy atom. The molecule has 0 saturated heterocycles. The van der Waals surface area contributed by atoms with E-state index in [1.807, 2.05) is 31.2 Å². The van der Waals surface area contributed by atoms with Gasteiger partial charge in [0.05, 0.1) is 0 Å². The number of carbonyl (C=O) groups is 2. The quantitative estimate of drug-likeness (QED) is 0.636. The van der Waals surface area contributed by atoms with Crippen LogP contribution in [0.1, 0.15) is 21.8 Å². The van der Waals surface area contributed by atoms with Crippen molar-refractivity contribution in [2.75, 3.05) is 6.61 Å². The van der Waals surface area contributed by atoms with Crippen LogP contribution in [0.25, 0.3) is 11.4 Å². The third-order valence-corrected chi connectivity index (χ3v) is 3.58. The van der Waals surface area contributed by atoms with Gasteiger partial charge in [0.1, 0.15) is 11.3 Å². The lowest BCUT2D eigenvalue weighted by Gasteiger charge is -2.09. The molecule has 0 radical (unpaired) electrons. The Bertz CT molecular complexity index is 950. The third-order valence-electron chi connectivity index (χ3n) is 3.58. The van der Waals surface area contributed by atoms with Crippen LogP contribution in [0.5, 0.6) is 5.75 Å². The second kappa shape index (κ2) is 8.13. The molecule has 0 unspecified atom stereocenters. The topological polar surface area (TPSA) is 118 Å². The minimum atomic E-state index is -0.648. The summed E-state index contributed by atoms with van der Waals surface area (Å²) in [6.07, 6.45) is 0. The van der Waals surface area contributed by atoms with Crippen molar-refractivity contribution < 1.29 is 23.6 Å². The summed E-state index contributed by atoms with van der Waals surface area (Å²) in [7, 11) is 0. The summed E-state index contributed by atoms with van der Waals surface area (Å²) >= 11 is 0. The number of ether oxygens (including phenoxy) is 2. The van der Waals surface area contributed by atoms with E-state index in [-0.39, 0.29) is 30.4 Å². The average Bonchev–Trinajstić information content (AvgIpc) is 3.14. The van der Waals surface area contributed by atoms with Crippen molar-refractivity contribution in [3.63, 3.8) is 0 Å². The lowest BCUT2D eigenvalue weighted by Crippen LogP contribution is -2.21. The van der Waals surface area contributed by atoms with Gasteiger partial charge in [-0.3, -0.25) is 4.79 Å². The van der Waals surface area contributed by atoms with E-state index in [1.54, 1.807) is 18.2 Å². The van der Waals surface area contributed by atoms with Gasteiger partial charge in [-0.2, -0.15) is 4.98 Å². The standard InChI is InChI=1S/C19H17N3O5/c1-12-6-8-13(9-7-12)18-21-17(27-22-18)11-26-19(24)14-4-2-3-5-15(14)25-10-16(20)23/h2-9H,10-11H2,1H3,(H2,20,23). The van der Waals surface area contributed by atoms with Gasteiger partial charge in [-0.1, -0.05) is 47.1 Å². The van der Waals surface area contributed by atoms with Crippen molar-refractivity contribution in [1.82, 2.24) is 10.1 Å². The number of hydrogen-bond donors (Lipinski definition) is 1. The zero-order valence-corrected chi connectivity index (χ0v) is 14.5. The number of aryl methyl sites for hydroxylation is 1. The van der Waals surface area contributed by atoms with Gasteiger partial charge in [-0.25, -0.2) is 4.79 Å². The molecule has 2 N–H and O–H groups in total. The first-order chi connectivity index (χ1) is 13.0. The highest BCUT2D eigenvalue weighted by Gasteiger charge is 2.16. The highest BCUT2D eigenvalue weighted by Crippen LogP contribution is 2.20. The van der Waals surface area contributed by atoms with Crippen LogP contribution in [-0.4, -0.2) is 28.6 Å². The van der Waals surface area contributed by atoms with Crippen LogP contribution in [0, 0.1) is 6.92 Å². The molecule has 3 aromatic rings. The molecule has 2 aromatic carbocycles. The van der Waals surface area contributed by atoms with Gasteiger partial charge in [0.15, 0.2) is 13.2 Å². The molecule has 0 atom stereocenters. The molecule has 0 saturated carbocycles.